The molecule has 6 nitrogen and oxygen atoms in total. The topological polar surface area (TPSA) is 68.2 Å². The maximum atomic E-state index is 12.5. The van der Waals surface area contributed by atoms with Crippen molar-refractivity contribution in [1.82, 2.24) is 14.9 Å². The van der Waals surface area contributed by atoms with Crippen molar-refractivity contribution in [2.24, 2.45) is 0 Å². The molecular formula is C17H23ClN4O2. The monoisotopic (exact) mass is 350 g/mol. The van der Waals surface area contributed by atoms with Crippen LogP contribution in [0, 0.1) is 0 Å². The highest BCUT2D eigenvalue weighted by molar-refractivity contribution is 5.94. The Labute approximate surface area is 147 Å². The van der Waals surface area contributed by atoms with Crippen LogP contribution < -0.4 is 10.6 Å². The molecule has 2 aliphatic rings. The Kier molecular flexibility index (Phi) is 5.38. The molecule has 1 saturated carbocycles. The van der Waals surface area contributed by atoms with Gasteiger partial charge in [0.1, 0.15) is 6.10 Å². The van der Waals surface area contributed by atoms with E-state index in [9.17, 15) is 4.79 Å². The van der Waals surface area contributed by atoms with Crippen molar-refractivity contribution in [3.63, 3.8) is 0 Å². The summed E-state index contributed by atoms with van der Waals surface area (Å²) in [5.74, 6) is 0.532. The van der Waals surface area contributed by atoms with Crippen LogP contribution >= 0.6 is 12.4 Å². The molecule has 1 aliphatic carbocycles. The van der Waals surface area contributed by atoms with E-state index in [1.54, 1.807) is 0 Å². The fraction of sp³-hybridized carbons (Fsp3) is 0.529. The van der Waals surface area contributed by atoms with Gasteiger partial charge in [-0.2, -0.15) is 0 Å². The van der Waals surface area contributed by atoms with Crippen LogP contribution in [-0.2, 0) is 9.53 Å². The summed E-state index contributed by atoms with van der Waals surface area (Å²) in [7, 11) is 0. The number of nitrogens with zero attached hydrogens (tertiary/aromatic N) is 2. The highest BCUT2D eigenvalue weighted by Gasteiger charge is 2.27. The Bertz CT molecular complexity index is 706. The fourth-order valence-corrected chi connectivity index (χ4v) is 3.59. The molecule has 130 valence electrons. The molecule has 1 aromatic carbocycles. The number of imidazole rings is 1. The number of para-hydroxylation sites is 2. The number of morpholine rings is 1. The number of halogens is 1. The number of hydrogen-bond acceptors (Lipinski definition) is 4. The number of anilines is 1. The van der Waals surface area contributed by atoms with Crippen LogP contribution in [0.5, 0.6) is 0 Å². The molecule has 1 unspecified atom stereocenters. The van der Waals surface area contributed by atoms with Crippen molar-refractivity contribution >= 4 is 35.3 Å². The molecule has 1 atom stereocenters. The summed E-state index contributed by atoms with van der Waals surface area (Å²) in [6.45, 7) is 1.91. The number of rotatable bonds is 3. The van der Waals surface area contributed by atoms with Crippen LogP contribution in [0.15, 0.2) is 24.3 Å². The van der Waals surface area contributed by atoms with E-state index in [4.69, 9.17) is 4.74 Å². The normalized spacial score (nSPS) is 21.6. The molecule has 2 fully saturated rings. The first-order valence-electron chi connectivity index (χ1n) is 8.43. The number of aromatic nitrogens is 2. The average Bonchev–Trinajstić information content (AvgIpc) is 3.22. The van der Waals surface area contributed by atoms with Gasteiger partial charge in [-0.1, -0.05) is 25.0 Å². The zero-order chi connectivity index (χ0) is 15.6. The van der Waals surface area contributed by atoms with Crippen molar-refractivity contribution in [1.29, 1.82) is 0 Å². The van der Waals surface area contributed by atoms with Gasteiger partial charge in [0.15, 0.2) is 0 Å². The van der Waals surface area contributed by atoms with Gasteiger partial charge in [-0.15, -0.1) is 12.4 Å². The SMILES string of the molecule is Cl.O=C(Nc1nc2ccccc2n1C1CCCC1)C1CNCCO1. The predicted octanol–water partition coefficient (Wildman–Crippen LogP) is 2.50. The number of amides is 1. The summed E-state index contributed by atoms with van der Waals surface area (Å²) in [5.41, 5.74) is 2.02. The van der Waals surface area contributed by atoms with Gasteiger partial charge in [-0.05, 0) is 25.0 Å². The van der Waals surface area contributed by atoms with E-state index in [2.05, 4.69) is 26.3 Å². The number of benzene rings is 1. The molecule has 24 heavy (non-hydrogen) atoms. The van der Waals surface area contributed by atoms with E-state index in [1.165, 1.54) is 12.8 Å². The maximum absolute atomic E-state index is 12.5. The minimum Gasteiger partial charge on any atom is -0.366 e. The molecule has 1 amide bonds. The van der Waals surface area contributed by atoms with Crippen LogP contribution in [0.3, 0.4) is 0 Å². The molecule has 1 aliphatic heterocycles. The summed E-state index contributed by atoms with van der Waals surface area (Å²) in [4.78, 5) is 17.1. The van der Waals surface area contributed by atoms with Gasteiger partial charge in [0.2, 0.25) is 5.95 Å². The Morgan fingerprint density at radius 2 is 2.08 bits per heavy atom. The highest BCUT2D eigenvalue weighted by Crippen LogP contribution is 2.35. The molecule has 4 rings (SSSR count). The molecular weight excluding hydrogens is 328 g/mol. The second-order valence-electron chi connectivity index (χ2n) is 6.29. The number of nitrogens with one attached hydrogen (secondary N) is 2. The molecule has 2 N–H and O–H groups in total. The molecule has 7 heteroatoms. The van der Waals surface area contributed by atoms with Gasteiger partial charge in [0.05, 0.1) is 17.6 Å². The van der Waals surface area contributed by atoms with Crippen LogP contribution in [-0.4, -0.2) is 41.3 Å². The average molecular weight is 351 g/mol. The van der Waals surface area contributed by atoms with E-state index in [0.29, 0.717) is 25.1 Å². The van der Waals surface area contributed by atoms with E-state index >= 15 is 0 Å². The zero-order valence-electron chi connectivity index (χ0n) is 13.5. The van der Waals surface area contributed by atoms with Crippen LogP contribution in [0.1, 0.15) is 31.7 Å². The predicted molar refractivity (Wildman–Crippen MR) is 95.7 cm³/mol. The molecule has 0 spiro atoms. The van der Waals surface area contributed by atoms with Crippen molar-refractivity contribution in [2.45, 2.75) is 37.8 Å². The lowest BCUT2D eigenvalue weighted by molar-refractivity contribution is -0.128. The van der Waals surface area contributed by atoms with Gasteiger partial charge >= 0.3 is 0 Å². The summed E-state index contributed by atoms with van der Waals surface area (Å²) >= 11 is 0. The summed E-state index contributed by atoms with van der Waals surface area (Å²) < 4.78 is 7.74. The summed E-state index contributed by atoms with van der Waals surface area (Å²) in [5, 5.41) is 6.18. The van der Waals surface area contributed by atoms with Gasteiger partial charge in [-0.25, -0.2) is 4.98 Å². The van der Waals surface area contributed by atoms with E-state index < -0.39 is 6.10 Å². The zero-order valence-corrected chi connectivity index (χ0v) is 14.3. The Hall–Kier alpha value is -1.63. The number of ether oxygens (including phenoxy) is 1. The molecule has 0 bridgehead atoms. The minimum absolute atomic E-state index is 0. The van der Waals surface area contributed by atoms with Crippen LogP contribution in [0.25, 0.3) is 11.0 Å². The third-order valence-electron chi connectivity index (χ3n) is 4.74. The third kappa shape index (κ3) is 3.27. The Morgan fingerprint density at radius 1 is 1.29 bits per heavy atom. The summed E-state index contributed by atoms with van der Waals surface area (Å²) in [6, 6.07) is 8.50. The Morgan fingerprint density at radius 3 is 2.83 bits per heavy atom. The van der Waals surface area contributed by atoms with Crippen molar-refractivity contribution in [2.75, 3.05) is 25.0 Å². The van der Waals surface area contributed by atoms with Crippen LogP contribution in [0.2, 0.25) is 0 Å². The first-order chi connectivity index (χ1) is 11.3. The number of hydrogen-bond donors (Lipinski definition) is 2. The Balaban J connectivity index is 0.00000169. The maximum Gasteiger partial charge on any atom is 0.257 e. The van der Waals surface area contributed by atoms with Crippen molar-refractivity contribution in [3.8, 4) is 0 Å². The molecule has 2 aromatic rings. The lowest BCUT2D eigenvalue weighted by Gasteiger charge is -2.23. The second kappa shape index (κ2) is 7.51. The van der Waals surface area contributed by atoms with Gasteiger partial charge in [0, 0.05) is 19.1 Å². The standard InChI is InChI=1S/C17H22N4O2.ClH/c22-16(15-11-18-9-10-23-15)20-17-19-13-7-3-4-8-14(13)21(17)12-5-1-2-6-12;/h3-4,7-8,12,15,18H,1-2,5-6,9-11H2,(H,19,20,22);1H. The second-order valence-corrected chi connectivity index (χ2v) is 6.29. The van der Waals surface area contributed by atoms with Gasteiger partial charge < -0.3 is 14.6 Å². The lowest BCUT2D eigenvalue weighted by atomic mass is 10.2. The van der Waals surface area contributed by atoms with Crippen molar-refractivity contribution < 1.29 is 9.53 Å². The smallest absolute Gasteiger partial charge is 0.257 e. The van der Waals surface area contributed by atoms with Gasteiger partial charge in [-0.3, -0.25) is 10.1 Å². The summed E-state index contributed by atoms with van der Waals surface area (Å²) in [6.07, 6.45) is 4.32. The number of carbonyl (C=O) groups excluding carboxylic acids is 1. The van der Waals surface area contributed by atoms with Gasteiger partial charge in [0.25, 0.3) is 5.91 Å². The minimum atomic E-state index is -0.444. The van der Waals surface area contributed by atoms with E-state index in [0.717, 1.165) is 30.4 Å². The molecule has 2 heterocycles. The largest absolute Gasteiger partial charge is 0.366 e. The van der Waals surface area contributed by atoms with E-state index in [1.807, 2.05) is 18.2 Å². The first kappa shape index (κ1) is 17.2. The quantitative estimate of drug-likeness (QED) is 0.892. The number of carbonyl (C=O) groups is 1. The molecule has 1 saturated heterocycles. The molecule has 0 radical (unpaired) electrons. The fourth-order valence-electron chi connectivity index (χ4n) is 3.59. The van der Waals surface area contributed by atoms with Crippen LogP contribution in [0.4, 0.5) is 5.95 Å². The third-order valence-corrected chi connectivity index (χ3v) is 4.74. The lowest BCUT2D eigenvalue weighted by Crippen LogP contribution is -2.45. The van der Waals surface area contributed by atoms with Crippen molar-refractivity contribution in [3.05, 3.63) is 24.3 Å². The highest BCUT2D eigenvalue weighted by atomic mass is 35.5. The molecule has 1 aromatic heterocycles. The first-order valence-corrected chi connectivity index (χ1v) is 8.43. The van der Waals surface area contributed by atoms with E-state index in [-0.39, 0.29) is 18.3 Å². The number of fused-ring (bicyclic) bond motifs is 1.